The standard InChI is InChI=1S/C10H19N3O2/c1-4-7(2)13(3)10(15)8-5-12-9(14)6-11-8/h7-8,11H,4-6H2,1-3H3,(H,12,14). The van der Waals surface area contributed by atoms with E-state index in [2.05, 4.69) is 10.6 Å². The van der Waals surface area contributed by atoms with Crippen molar-refractivity contribution in [3.8, 4) is 0 Å². The summed E-state index contributed by atoms with van der Waals surface area (Å²) in [5.74, 6) is -0.00501. The fourth-order valence-electron chi connectivity index (χ4n) is 1.48. The minimum absolute atomic E-state index is 0.0457. The summed E-state index contributed by atoms with van der Waals surface area (Å²) in [5.41, 5.74) is 0. The molecule has 2 unspecified atom stereocenters. The Kier molecular flexibility index (Phi) is 4.08. The molecule has 5 nitrogen and oxygen atoms in total. The van der Waals surface area contributed by atoms with Gasteiger partial charge < -0.3 is 10.2 Å². The van der Waals surface area contributed by atoms with E-state index >= 15 is 0 Å². The third kappa shape index (κ3) is 2.92. The van der Waals surface area contributed by atoms with Gasteiger partial charge in [-0.15, -0.1) is 0 Å². The van der Waals surface area contributed by atoms with Crippen LogP contribution in [0.25, 0.3) is 0 Å². The van der Waals surface area contributed by atoms with E-state index in [0.717, 1.165) is 6.42 Å². The summed E-state index contributed by atoms with van der Waals surface area (Å²) in [6.45, 7) is 4.67. The Hall–Kier alpha value is -1.10. The molecule has 1 fully saturated rings. The van der Waals surface area contributed by atoms with Gasteiger partial charge in [-0.1, -0.05) is 6.92 Å². The van der Waals surface area contributed by atoms with Crippen LogP contribution in [0.3, 0.4) is 0 Å². The monoisotopic (exact) mass is 213 g/mol. The maximum absolute atomic E-state index is 11.9. The highest BCUT2D eigenvalue weighted by molar-refractivity contribution is 5.86. The van der Waals surface area contributed by atoms with Gasteiger partial charge in [-0.05, 0) is 13.3 Å². The van der Waals surface area contributed by atoms with Crippen molar-refractivity contribution >= 4 is 11.8 Å². The van der Waals surface area contributed by atoms with Gasteiger partial charge in [0.25, 0.3) is 0 Å². The summed E-state index contributed by atoms with van der Waals surface area (Å²) in [5, 5.41) is 5.60. The zero-order chi connectivity index (χ0) is 11.4. The van der Waals surface area contributed by atoms with Crippen molar-refractivity contribution in [2.45, 2.75) is 32.4 Å². The van der Waals surface area contributed by atoms with E-state index in [-0.39, 0.29) is 30.4 Å². The summed E-state index contributed by atoms with van der Waals surface area (Å²) in [7, 11) is 1.80. The number of nitrogens with zero attached hydrogens (tertiary/aromatic N) is 1. The number of piperazine rings is 1. The van der Waals surface area contributed by atoms with Crippen LogP contribution in [0.5, 0.6) is 0 Å². The maximum Gasteiger partial charge on any atom is 0.241 e. The van der Waals surface area contributed by atoms with Crippen LogP contribution in [0.4, 0.5) is 0 Å². The van der Waals surface area contributed by atoms with Gasteiger partial charge >= 0.3 is 0 Å². The maximum atomic E-state index is 11.9. The van der Waals surface area contributed by atoms with E-state index in [4.69, 9.17) is 0 Å². The highest BCUT2D eigenvalue weighted by Crippen LogP contribution is 2.03. The minimum Gasteiger partial charge on any atom is -0.353 e. The molecule has 86 valence electrons. The Labute approximate surface area is 90.2 Å². The summed E-state index contributed by atoms with van der Waals surface area (Å²) in [6.07, 6.45) is 0.932. The largest absolute Gasteiger partial charge is 0.353 e. The molecule has 0 radical (unpaired) electrons. The molecule has 1 aliphatic heterocycles. The highest BCUT2D eigenvalue weighted by atomic mass is 16.2. The first-order chi connectivity index (χ1) is 7.06. The molecule has 2 N–H and O–H groups in total. The zero-order valence-corrected chi connectivity index (χ0v) is 9.54. The average Bonchev–Trinajstić information content (AvgIpc) is 2.27. The highest BCUT2D eigenvalue weighted by Gasteiger charge is 2.27. The van der Waals surface area contributed by atoms with E-state index in [0.29, 0.717) is 6.54 Å². The molecule has 0 aliphatic carbocycles. The second-order valence-electron chi connectivity index (χ2n) is 3.94. The molecular formula is C10H19N3O2. The molecule has 1 rings (SSSR count). The van der Waals surface area contributed by atoms with Crippen LogP contribution < -0.4 is 10.6 Å². The lowest BCUT2D eigenvalue weighted by Crippen LogP contribution is -2.59. The molecule has 2 atom stereocenters. The topological polar surface area (TPSA) is 61.4 Å². The molecule has 0 aromatic carbocycles. The SMILES string of the molecule is CCC(C)N(C)C(=O)C1CNC(=O)CN1. The van der Waals surface area contributed by atoms with Crippen LogP contribution in [0.1, 0.15) is 20.3 Å². The summed E-state index contributed by atoms with van der Waals surface area (Å²) >= 11 is 0. The number of likely N-dealkylation sites (N-methyl/N-ethyl adjacent to an activating group) is 1. The predicted molar refractivity (Wildman–Crippen MR) is 57.3 cm³/mol. The molecule has 0 aromatic heterocycles. The van der Waals surface area contributed by atoms with Crippen molar-refractivity contribution < 1.29 is 9.59 Å². The first kappa shape index (κ1) is 12.0. The number of hydrogen-bond donors (Lipinski definition) is 2. The fourth-order valence-corrected chi connectivity index (χ4v) is 1.48. The van der Waals surface area contributed by atoms with Gasteiger partial charge in [0.2, 0.25) is 11.8 Å². The number of nitrogens with one attached hydrogen (secondary N) is 2. The average molecular weight is 213 g/mol. The Morgan fingerprint density at radius 2 is 2.33 bits per heavy atom. The Morgan fingerprint density at radius 3 is 2.80 bits per heavy atom. The molecule has 0 aromatic rings. The second kappa shape index (κ2) is 5.11. The Balaban J connectivity index is 2.49. The van der Waals surface area contributed by atoms with Crippen LogP contribution >= 0.6 is 0 Å². The third-order valence-electron chi connectivity index (χ3n) is 2.91. The van der Waals surface area contributed by atoms with Gasteiger partial charge in [0.1, 0.15) is 6.04 Å². The fraction of sp³-hybridized carbons (Fsp3) is 0.800. The van der Waals surface area contributed by atoms with Crippen molar-refractivity contribution in [3.63, 3.8) is 0 Å². The van der Waals surface area contributed by atoms with Gasteiger partial charge in [-0.3, -0.25) is 14.9 Å². The number of carbonyl (C=O) groups is 2. The molecule has 0 spiro atoms. The normalized spacial score (nSPS) is 23.1. The first-order valence-corrected chi connectivity index (χ1v) is 5.33. The molecule has 0 saturated carbocycles. The van der Waals surface area contributed by atoms with Crippen LogP contribution in [0.15, 0.2) is 0 Å². The van der Waals surface area contributed by atoms with E-state index in [9.17, 15) is 9.59 Å². The molecule has 1 heterocycles. The molecule has 0 bridgehead atoms. The van der Waals surface area contributed by atoms with Gasteiger partial charge in [0, 0.05) is 19.6 Å². The number of hydrogen-bond acceptors (Lipinski definition) is 3. The van der Waals surface area contributed by atoms with Crippen molar-refractivity contribution in [3.05, 3.63) is 0 Å². The number of amides is 2. The predicted octanol–water partition coefficient (Wildman–Crippen LogP) is -0.669. The van der Waals surface area contributed by atoms with Gasteiger partial charge in [-0.25, -0.2) is 0 Å². The molecular weight excluding hydrogens is 194 g/mol. The van der Waals surface area contributed by atoms with Crippen molar-refractivity contribution in [1.29, 1.82) is 0 Å². The van der Waals surface area contributed by atoms with E-state index in [1.807, 2.05) is 13.8 Å². The van der Waals surface area contributed by atoms with Crippen LogP contribution in [-0.2, 0) is 9.59 Å². The summed E-state index contributed by atoms with van der Waals surface area (Å²) in [4.78, 5) is 24.5. The number of rotatable bonds is 3. The van der Waals surface area contributed by atoms with Crippen LogP contribution in [0.2, 0.25) is 0 Å². The summed E-state index contributed by atoms with van der Waals surface area (Å²) < 4.78 is 0. The number of carbonyl (C=O) groups excluding carboxylic acids is 2. The Bertz CT molecular complexity index is 245. The van der Waals surface area contributed by atoms with Crippen molar-refractivity contribution in [1.82, 2.24) is 15.5 Å². The van der Waals surface area contributed by atoms with E-state index in [1.54, 1.807) is 11.9 Å². The second-order valence-corrected chi connectivity index (χ2v) is 3.94. The Morgan fingerprint density at radius 1 is 1.67 bits per heavy atom. The third-order valence-corrected chi connectivity index (χ3v) is 2.91. The lowest BCUT2D eigenvalue weighted by Gasteiger charge is -2.30. The quantitative estimate of drug-likeness (QED) is 0.653. The van der Waals surface area contributed by atoms with Gasteiger partial charge in [0.15, 0.2) is 0 Å². The molecule has 5 heteroatoms. The first-order valence-electron chi connectivity index (χ1n) is 5.33. The van der Waals surface area contributed by atoms with E-state index in [1.165, 1.54) is 0 Å². The lowest BCUT2D eigenvalue weighted by molar-refractivity contribution is -0.135. The summed E-state index contributed by atoms with van der Waals surface area (Å²) in [6, 6.07) is -0.0429. The molecule has 15 heavy (non-hydrogen) atoms. The zero-order valence-electron chi connectivity index (χ0n) is 9.54. The van der Waals surface area contributed by atoms with E-state index < -0.39 is 0 Å². The van der Waals surface area contributed by atoms with Crippen LogP contribution in [0, 0.1) is 0 Å². The molecule has 2 amide bonds. The van der Waals surface area contributed by atoms with Crippen LogP contribution in [-0.4, -0.2) is 48.9 Å². The lowest BCUT2D eigenvalue weighted by atomic mass is 10.1. The smallest absolute Gasteiger partial charge is 0.241 e. The molecule has 1 saturated heterocycles. The van der Waals surface area contributed by atoms with Gasteiger partial charge in [0.05, 0.1) is 6.54 Å². The molecule has 1 aliphatic rings. The minimum atomic E-state index is -0.276. The van der Waals surface area contributed by atoms with Crippen molar-refractivity contribution in [2.75, 3.05) is 20.1 Å². The van der Waals surface area contributed by atoms with Gasteiger partial charge in [-0.2, -0.15) is 0 Å². The van der Waals surface area contributed by atoms with Crippen molar-refractivity contribution in [2.24, 2.45) is 0 Å².